The number of ketones is 3. The van der Waals surface area contributed by atoms with Crippen LogP contribution in [0.5, 0.6) is 0 Å². The van der Waals surface area contributed by atoms with E-state index in [0.29, 0.717) is 34.0 Å². The fourth-order valence-corrected chi connectivity index (χ4v) is 5.36. The topological polar surface area (TPSA) is 64.1 Å². The normalized spacial score (nSPS) is 14.2. The Hall–Kier alpha value is -4.70. The molecule has 0 aliphatic heterocycles. The molecule has 0 bridgehead atoms. The van der Waals surface area contributed by atoms with Gasteiger partial charge in [-0.2, -0.15) is 0 Å². The van der Waals surface area contributed by atoms with Crippen molar-refractivity contribution in [2.45, 2.75) is 6.42 Å². The second-order valence-electron chi connectivity index (χ2n) is 8.95. The van der Waals surface area contributed by atoms with Crippen molar-refractivity contribution in [3.63, 3.8) is 0 Å². The molecule has 1 heterocycles. The van der Waals surface area contributed by atoms with E-state index < -0.39 is 0 Å². The summed E-state index contributed by atoms with van der Waals surface area (Å²) in [4.78, 5) is 43.6. The molecular weight excluding hydrogens is 434 g/mol. The molecule has 0 N–H and O–H groups in total. The van der Waals surface area contributed by atoms with Crippen molar-refractivity contribution in [3.8, 4) is 11.1 Å². The number of nitrogens with zero attached hydrogens (tertiary/aromatic N) is 1. The lowest BCUT2D eigenvalue weighted by Gasteiger charge is -2.21. The molecule has 0 unspecified atom stereocenters. The standard InChI is InChI=1S/C31H17NO3/c33-19-13-11-18-15-25-26(32-27(18)16-19)14-12-17-5-3-8-20(28(17)25)21-9-4-10-24-29(21)31(35)23-7-2-1-6-22(23)30(24)34/h1-12,14-16H,13H2. The first-order valence-corrected chi connectivity index (χ1v) is 11.5. The molecule has 0 atom stereocenters. The van der Waals surface area contributed by atoms with Crippen LogP contribution in [0.4, 0.5) is 0 Å². The zero-order chi connectivity index (χ0) is 23.7. The van der Waals surface area contributed by atoms with Gasteiger partial charge in [-0.05, 0) is 39.3 Å². The van der Waals surface area contributed by atoms with Crippen molar-refractivity contribution < 1.29 is 14.4 Å². The SMILES string of the molecule is O=C1C=c2nc3ccc4cccc(-c5cccc6c5C(=O)c5ccccc5C6=O)c4c3cc2=CC1. The lowest BCUT2D eigenvalue weighted by Crippen LogP contribution is -2.32. The van der Waals surface area contributed by atoms with Crippen LogP contribution in [0.3, 0.4) is 0 Å². The number of carbonyl (C=O) groups excluding carboxylic acids is 3. The van der Waals surface area contributed by atoms with Crippen molar-refractivity contribution in [3.05, 3.63) is 112 Å². The highest BCUT2D eigenvalue weighted by Gasteiger charge is 2.31. The first kappa shape index (κ1) is 19.7. The fourth-order valence-electron chi connectivity index (χ4n) is 5.36. The molecule has 0 spiro atoms. The summed E-state index contributed by atoms with van der Waals surface area (Å²) < 4.78 is 0. The number of hydrogen-bond donors (Lipinski definition) is 0. The van der Waals surface area contributed by atoms with Gasteiger partial charge >= 0.3 is 0 Å². The van der Waals surface area contributed by atoms with Crippen LogP contribution < -0.4 is 10.6 Å². The van der Waals surface area contributed by atoms with Crippen LogP contribution in [-0.2, 0) is 4.79 Å². The summed E-state index contributed by atoms with van der Waals surface area (Å²) in [5.74, 6) is -0.224. The lowest BCUT2D eigenvalue weighted by molar-refractivity contribution is -0.112. The summed E-state index contributed by atoms with van der Waals surface area (Å²) in [5, 5.41) is 4.54. The van der Waals surface area contributed by atoms with Crippen LogP contribution >= 0.6 is 0 Å². The second-order valence-corrected chi connectivity index (χ2v) is 8.95. The third-order valence-electron chi connectivity index (χ3n) is 6.96. The predicted octanol–water partition coefficient (Wildman–Crippen LogP) is 4.36. The quantitative estimate of drug-likeness (QED) is 0.349. The zero-order valence-electron chi connectivity index (χ0n) is 18.5. The average Bonchev–Trinajstić information content (AvgIpc) is 2.89. The summed E-state index contributed by atoms with van der Waals surface area (Å²) in [6.07, 6.45) is 3.87. The van der Waals surface area contributed by atoms with Gasteiger partial charge in [-0.3, -0.25) is 14.4 Å². The monoisotopic (exact) mass is 451 g/mol. The number of fused-ring (bicyclic) bond motifs is 6. The van der Waals surface area contributed by atoms with E-state index in [9.17, 15) is 14.4 Å². The highest BCUT2D eigenvalue weighted by Crippen LogP contribution is 2.39. The number of carbonyl (C=O) groups is 3. The predicted molar refractivity (Wildman–Crippen MR) is 136 cm³/mol. The number of aromatic nitrogens is 1. The summed E-state index contributed by atoms with van der Waals surface area (Å²) in [5.41, 5.74) is 4.15. The minimum atomic E-state index is -0.139. The molecule has 164 valence electrons. The van der Waals surface area contributed by atoms with E-state index in [1.54, 1.807) is 36.4 Å². The van der Waals surface area contributed by atoms with Crippen LogP contribution in [0, 0.1) is 0 Å². The van der Waals surface area contributed by atoms with Gasteiger partial charge in [0.05, 0.1) is 10.9 Å². The van der Waals surface area contributed by atoms with Crippen molar-refractivity contribution in [1.29, 1.82) is 0 Å². The summed E-state index contributed by atoms with van der Waals surface area (Å²) >= 11 is 0. The zero-order valence-corrected chi connectivity index (χ0v) is 18.5. The Morgan fingerprint density at radius 1 is 0.657 bits per heavy atom. The Morgan fingerprint density at radius 3 is 2.23 bits per heavy atom. The molecule has 0 radical (unpaired) electrons. The van der Waals surface area contributed by atoms with E-state index in [1.165, 1.54) is 0 Å². The van der Waals surface area contributed by atoms with Crippen molar-refractivity contribution >= 4 is 51.2 Å². The van der Waals surface area contributed by atoms with E-state index in [0.717, 1.165) is 38.0 Å². The van der Waals surface area contributed by atoms with Gasteiger partial charge in [0.25, 0.3) is 0 Å². The van der Waals surface area contributed by atoms with Gasteiger partial charge in [0.1, 0.15) is 0 Å². The number of Topliss-reactive ketones (excluding diaryl/α,β-unsaturated/α-hetero) is 1. The van der Waals surface area contributed by atoms with Crippen LogP contribution in [0.15, 0.2) is 78.9 Å². The highest BCUT2D eigenvalue weighted by molar-refractivity contribution is 6.31. The molecule has 4 aromatic carbocycles. The maximum absolute atomic E-state index is 13.7. The molecule has 35 heavy (non-hydrogen) atoms. The van der Waals surface area contributed by atoms with Gasteiger partial charge in [-0.15, -0.1) is 0 Å². The molecule has 1 aromatic heterocycles. The summed E-state index contributed by atoms with van der Waals surface area (Å²) in [7, 11) is 0. The maximum atomic E-state index is 13.7. The molecule has 4 nitrogen and oxygen atoms in total. The van der Waals surface area contributed by atoms with Gasteiger partial charge in [0.15, 0.2) is 17.3 Å². The third-order valence-corrected chi connectivity index (χ3v) is 6.96. The molecule has 2 aliphatic carbocycles. The van der Waals surface area contributed by atoms with Crippen molar-refractivity contribution in [2.24, 2.45) is 0 Å². The Kier molecular flexibility index (Phi) is 4.03. The minimum absolute atomic E-state index is 0.0465. The molecule has 0 saturated carbocycles. The van der Waals surface area contributed by atoms with Crippen molar-refractivity contribution in [2.75, 3.05) is 0 Å². The van der Waals surface area contributed by atoms with Crippen LogP contribution in [0.1, 0.15) is 38.3 Å². The molecule has 0 amide bonds. The number of pyridine rings is 1. The smallest absolute Gasteiger partial charge is 0.195 e. The van der Waals surface area contributed by atoms with Gasteiger partial charge in [0.2, 0.25) is 0 Å². The molecular formula is C31H17NO3. The van der Waals surface area contributed by atoms with E-state index in [4.69, 9.17) is 4.98 Å². The van der Waals surface area contributed by atoms with Gasteiger partial charge < -0.3 is 0 Å². The number of hydrogen-bond acceptors (Lipinski definition) is 4. The largest absolute Gasteiger partial charge is 0.294 e. The number of benzene rings is 4. The molecule has 7 rings (SSSR count). The second kappa shape index (κ2) is 7.15. The third kappa shape index (κ3) is 2.80. The highest BCUT2D eigenvalue weighted by atomic mass is 16.1. The van der Waals surface area contributed by atoms with Gasteiger partial charge in [-0.25, -0.2) is 4.98 Å². The van der Waals surface area contributed by atoms with Gasteiger partial charge in [0, 0.05) is 40.1 Å². The summed E-state index contributed by atoms with van der Waals surface area (Å²) in [6, 6.07) is 24.5. The van der Waals surface area contributed by atoms with E-state index in [-0.39, 0.29) is 17.3 Å². The first-order chi connectivity index (χ1) is 17.1. The van der Waals surface area contributed by atoms with Crippen molar-refractivity contribution in [1.82, 2.24) is 4.98 Å². The van der Waals surface area contributed by atoms with Crippen LogP contribution in [-0.4, -0.2) is 22.3 Å². The Balaban J connectivity index is 1.58. The molecule has 0 saturated heterocycles. The maximum Gasteiger partial charge on any atom is 0.195 e. The Morgan fingerprint density at radius 2 is 1.37 bits per heavy atom. The molecule has 4 heteroatoms. The number of rotatable bonds is 1. The average molecular weight is 451 g/mol. The Bertz CT molecular complexity index is 1930. The minimum Gasteiger partial charge on any atom is -0.294 e. The van der Waals surface area contributed by atoms with Crippen LogP contribution in [0.25, 0.3) is 45.0 Å². The molecule has 2 aliphatic rings. The fraction of sp³-hybridized carbons (Fsp3) is 0.0323. The lowest BCUT2D eigenvalue weighted by atomic mass is 9.79. The van der Waals surface area contributed by atoms with E-state index >= 15 is 0 Å². The summed E-state index contributed by atoms with van der Waals surface area (Å²) in [6.45, 7) is 0. The molecule has 5 aromatic rings. The van der Waals surface area contributed by atoms with E-state index in [1.807, 2.05) is 48.5 Å². The van der Waals surface area contributed by atoms with E-state index in [2.05, 4.69) is 6.07 Å². The molecule has 0 fully saturated rings. The van der Waals surface area contributed by atoms with Crippen LogP contribution in [0.2, 0.25) is 0 Å². The Labute approximate surface area is 199 Å². The first-order valence-electron chi connectivity index (χ1n) is 11.5. The van der Waals surface area contributed by atoms with Gasteiger partial charge in [-0.1, -0.05) is 72.8 Å².